The minimum absolute atomic E-state index is 0.203. The molecule has 1 aliphatic heterocycles. The number of hydrogen-bond donors (Lipinski definition) is 5. The summed E-state index contributed by atoms with van der Waals surface area (Å²) in [6.07, 6.45) is 4.13. The molecular formula is C14H29NO4. The Kier molecular flexibility index (Phi) is 7.25. The highest BCUT2D eigenvalue weighted by Gasteiger charge is 2.46. The zero-order valence-corrected chi connectivity index (χ0v) is 11.9. The maximum Gasteiger partial charge on any atom is 0.109 e. The number of aliphatic hydroxyl groups excluding tert-OH is 4. The van der Waals surface area contributed by atoms with E-state index >= 15 is 0 Å². The summed E-state index contributed by atoms with van der Waals surface area (Å²) in [5.41, 5.74) is -0.872. The Labute approximate surface area is 115 Å². The van der Waals surface area contributed by atoms with Gasteiger partial charge in [0, 0.05) is 6.54 Å². The zero-order chi connectivity index (χ0) is 14.3. The largest absolute Gasteiger partial charge is 0.394 e. The summed E-state index contributed by atoms with van der Waals surface area (Å²) < 4.78 is 0. The van der Waals surface area contributed by atoms with E-state index in [1.54, 1.807) is 0 Å². The molecule has 0 unspecified atom stereocenters. The standard InChI is InChI=1S/C14H29NO4/c1-2-3-4-5-6-7-8-14(10-16)13(19)12(18)11(17)9-15-14/h11-13,15-19H,2-10H2,1H3/t11-,12+,13-,14-/m0/s1. The molecule has 4 atom stereocenters. The molecule has 0 radical (unpaired) electrons. The molecule has 5 N–H and O–H groups in total. The van der Waals surface area contributed by atoms with Crippen LogP contribution in [0.1, 0.15) is 51.9 Å². The Morgan fingerprint density at radius 2 is 1.68 bits per heavy atom. The van der Waals surface area contributed by atoms with Gasteiger partial charge in [-0.15, -0.1) is 0 Å². The summed E-state index contributed by atoms with van der Waals surface area (Å²) in [6.45, 7) is 2.15. The lowest BCUT2D eigenvalue weighted by molar-refractivity contribution is -0.135. The Morgan fingerprint density at radius 3 is 2.32 bits per heavy atom. The van der Waals surface area contributed by atoms with Crippen molar-refractivity contribution < 1.29 is 20.4 Å². The average molecular weight is 275 g/mol. The molecule has 114 valence electrons. The number of nitrogens with one attached hydrogen (secondary N) is 1. The fourth-order valence-corrected chi connectivity index (χ4v) is 2.76. The number of aliphatic hydroxyl groups is 4. The van der Waals surface area contributed by atoms with Crippen LogP contribution in [-0.4, -0.2) is 57.4 Å². The van der Waals surface area contributed by atoms with Gasteiger partial charge >= 0.3 is 0 Å². The Morgan fingerprint density at radius 1 is 1.05 bits per heavy atom. The third-order valence-corrected chi connectivity index (χ3v) is 4.21. The monoisotopic (exact) mass is 275 g/mol. The second-order valence-corrected chi connectivity index (χ2v) is 5.72. The van der Waals surface area contributed by atoms with Crippen LogP contribution >= 0.6 is 0 Å². The van der Waals surface area contributed by atoms with E-state index in [0.29, 0.717) is 6.42 Å². The maximum atomic E-state index is 10.1. The van der Waals surface area contributed by atoms with Gasteiger partial charge in [0.25, 0.3) is 0 Å². The highest BCUT2D eigenvalue weighted by molar-refractivity contribution is 5.04. The quantitative estimate of drug-likeness (QED) is 0.407. The summed E-state index contributed by atoms with van der Waals surface area (Å²) in [5.74, 6) is 0. The van der Waals surface area contributed by atoms with Gasteiger partial charge in [0.05, 0.1) is 18.2 Å². The van der Waals surface area contributed by atoms with Crippen LogP contribution < -0.4 is 5.32 Å². The smallest absolute Gasteiger partial charge is 0.109 e. The third-order valence-electron chi connectivity index (χ3n) is 4.21. The summed E-state index contributed by atoms with van der Waals surface area (Å²) in [7, 11) is 0. The molecule has 0 aromatic rings. The molecule has 0 aromatic heterocycles. The zero-order valence-electron chi connectivity index (χ0n) is 11.9. The van der Waals surface area contributed by atoms with Crippen LogP contribution in [0.5, 0.6) is 0 Å². The third kappa shape index (κ3) is 4.39. The molecule has 0 spiro atoms. The van der Waals surface area contributed by atoms with E-state index in [-0.39, 0.29) is 13.2 Å². The van der Waals surface area contributed by atoms with Crippen LogP contribution in [0.4, 0.5) is 0 Å². The first-order chi connectivity index (χ1) is 9.07. The van der Waals surface area contributed by atoms with Gasteiger partial charge in [-0.3, -0.25) is 0 Å². The van der Waals surface area contributed by atoms with Gasteiger partial charge in [0.1, 0.15) is 12.2 Å². The molecule has 0 bridgehead atoms. The number of rotatable bonds is 8. The molecule has 1 rings (SSSR count). The van der Waals surface area contributed by atoms with Crippen molar-refractivity contribution in [2.75, 3.05) is 13.2 Å². The van der Waals surface area contributed by atoms with Crippen molar-refractivity contribution in [2.24, 2.45) is 0 Å². The van der Waals surface area contributed by atoms with E-state index < -0.39 is 23.9 Å². The lowest BCUT2D eigenvalue weighted by atomic mass is 9.79. The van der Waals surface area contributed by atoms with E-state index in [1.807, 2.05) is 0 Å². The number of β-amino-alcohol motifs (C(OH)–C–C–N with tert-alkyl or cyclic N) is 1. The normalized spacial score (nSPS) is 35.5. The van der Waals surface area contributed by atoms with Gasteiger partial charge in [0.15, 0.2) is 0 Å². The summed E-state index contributed by atoms with van der Waals surface area (Å²) in [4.78, 5) is 0. The molecule has 19 heavy (non-hydrogen) atoms. The van der Waals surface area contributed by atoms with Crippen molar-refractivity contribution in [2.45, 2.75) is 75.7 Å². The molecule has 5 heteroatoms. The van der Waals surface area contributed by atoms with Crippen molar-refractivity contribution in [1.29, 1.82) is 0 Å². The van der Waals surface area contributed by atoms with Gasteiger partial charge in [-0.05, 0) is 6.42 Å². The molecule has 5 nitrogen and oxygen atoms in total. The predicted octanol–water partition coefficient (Wildman–Crippen LogP) is 0.154. The second-order valence-electron chi connectivity index (χ2n) is 5.72. The van der Waals surface area contributed by atoms with Crippen LogP contribution in [0.15, 0.2) is 0 Å². The first-order valence-corrected chi connectivity index (χ1v) is 7.47. The number of hydrogen-bond acceptors (Lipinski definition) is 5. The molecule has 1 aliphatic rings. The highest BCUT2D eigenvalue weighted by atomic mass is 16.4. The van der Waals surface area contributed by atoms with Crippen LogP contribution in [0, 0.1) is 0 Å². The van der Waals surface area contributed by atoms with E-state index in [2.05, 4.69) is 12.2 Å². The summed E-state index contributed by atoms with van der Waals surface area (Å²) >= 11 is 0. The van der Waals surface area contributed by atoms with Gasteiger partial charge in [-0.2, -0.15) is 0 Å². The van der Waals surface area contributed by atoms with Crippen molar-refractivity contribution in [3.05, 3.63) is 0 Å². The van der Waals surface area contributed by atoms with Crippen molar-refractivity contribution in [3.8, 4) is 0 Å². The second kappa shape index (κ2) is 8.17. The molecule has 0 aromatic carbocycles. The van der Waals surface area contributed by atoms with Crippen LogP contribution in [0.3, 0.4) is 0 Å². The first-order valence-electron chi connectivity index (χ1n) is 7.47. The molecule has 1 heterocycles. The van der Waals surface area contributed by atoms with Crippen LogP contribution in [0.25, 0.3) is 0 Å². The van der Waals surface area contributed by atoms with Gasteiger partial charge in [-0.25, -0.2) is 0 Å². The molecule has 0 amide bonds. The van der Waals surface area contributed by atoms with E-state index in [1.165, 1.54) is 19.3 Å². The van der Waals surface area contributed by atoms with Gasteiger partial charge < -0.3 is 25.7 Å². The Balaban J connectivity index is 2.38. The lowest BCUT2D eigenvalue weighted by Crippen LogP contribution is -2.69. The Hall–Kier alpha value is -0.200. The fourth-order valence-electron chi connectivity index (χ4n) is 2.76. The first kappa shape index (κ1) is 16.9. The average Bonchev–Trinajstić information content (AvgIpc) is 2.43. The molecular weight excluding hydrogens is 246 g/mol. The SMILES string of the molecule is CCCCCCCC[C@@]1(CO)NC[C@H](O)[C@@H](O)[C@@H]1O. The fraction of sp³-hybridized carbons (Fsp3) is 1.00. The summed E-state index contributed by atoms with van der Waals surface area (Å²) in [5, 5.41) is 41.8. The predicted molar refractivity (Wildman–Crippen MR) is 73.8 cm³/mol. The van der Waals surface area contributed by atoms with Crippen molar-refractivity contribution >= 4 is 0 Å². The summed E-state index contributed by atoms with van der Waals surface area (Å²) in [6, 6.07) is 0. The minimum atomic E-state index is -1.19. The number of unbranched alkanes of at least 4 members (excludes halogenated alkanes) is 5. The maximum absolute atomic E-state index is 10.1. The van der Waals surface area contributed by atoms with Crippen LogP contribution in [-0.2, 0) is 0 Å². The highest BCUT2D eigenvalue weighted by Crippen LogP contribution is 2.26. The van der Waals surface area contributed by atoms with Gasteiger partial charge in [-0.1, -0.05) is 45.4 Å². The van der Waals surface area contributed by atoms with Crippen LogP contribution in [0.2, 0.25) is 0 Å². The minimum Gasteiger partial charge on any atom is -0.394 e. The Bertz CT molecular complexity index is 252. The van der Waals surface area contributed by atoms with Gasteiger partial charge in [0.2, 0.25) is 0 Å². The topological polar surface area (TPSA) is 93.0 Å². The van der Waals surface area contributed by atoms with E-state index in [4.69, 9.17) is 0 Å². The lowest BCUT2D eigenvalue weighted by Gasteiger charge is -2.45. The van der Waals surface area contributed by atoms with E-state index in [9.17, 15) is 20.4 Å². The molecule has 1 fully saturated rings. The molecule has 0 saturated carbocycles. The van der Waals surface area contributed by atoms with E-state index in [0.717, 1.165) is 19.3 Å². The van der Waals surface area contributed by atoms with Crippen molar-refractivity contribution in [3.63, 3.8) is 0 Å². The van der Waals surface area contributed by atoms with Crippen molar-refractivity contribution in [1.82, 2.24) is 5.32 Å². The molecule has 0 aliphatic carbocycles. The molecule has 1 saturated heterocycles. The number of piperidine rings is 1.